The third-order valence-electron chi connectivity index (χ3n) is 2.39. The molecule has 0 radical (unpaired) electrons. The maximum atomic E-state index is 5.13. The van der Waals surface area contributed by atoms with E-state index in [1.807, 2.05) is 0 Å². The molecule has 0 aliphatic rings. The molecule has 0 fully saturated rings. The van der Waals surface area contributed by atoms with Crippen molar-refractivity contribution in [1.82, 2.24) is 0 Å². The van der Waals surface area contributed by atoms with Crippen molar-refractivity contribution in [2.75, 3.05) is 27.4 Å². The molecular weight excluding hydrogens is 126 g/mol. The first-order valence-corrected chi connectivity index (χ1v) is 3.90. The summed E-state index contributed by atoms with van der Waals surface area (Å²) in [6.45, 7) is 8.59. The average Bonchev–Trinajstić information content (AvgIpc) is 1.88. The van der Waals surface area contributed by atoms with Crippen LogP contribution in [0.25, 0.3) is 0 Å². The lowest BCUT2D eigenvalue weighted by Gasteiger charge is -2.36. The lowest BCUT2D eigenvalue weighted by molar-refractivity contribution is -0.945. The van der Waals surface area contributed by atoms with Gasteiger partial charge in [0.05, 0.1) is 19.6 Å². The van der Waals surface area contributed by atoms with Crippen LogP contribution in [0.3, 0.4) is 0 Å². The monoisotopic (exact) mass is 146 g/mol. The van der Waals surface area contributed by atoms with Gasteiger partial charge in [-0.25, -0.2) is 0 Å². The van der Waals surface area contributed by atoms with Crippen molar-refractivity contribution in [3.8, 4) is 0 Å². The summed E-state index contributed by atoms with van der Waals surface area (Å²) in [6.07, 6.45) is 0. The van der Waals surface area contributed by atoms with Gasteiger partial charge in [0.1, 0.15) is 0 Å². The number of ether oxygens (including phenoxy) is 1. The Morgan fingerprint density at radius 3 is 2.00 bits per heavy atom. The molecule has 1 atom stereocenters. The van der Waals surface area contributed by atoms with Gasteiger partial charge in [-0.15, -0.1) is 0 Å². The first kappa shape index (κ1) is 9.92. The molecule has 0 amide bonds. The summed E-state index contributed by atoms with van der Waals surface area (Å²) in [4.78, 5) is 0. The van der Waals surface area contributed by atoms with Gasteiger partial charge in [-0.3, -0.25) is 0 Å². The second-order valence-electron chi connectivity index (χ2n) is 3.31. The van der Waals surface area contributed by atoms with Gasteiger partial charge in [0.25, 0.3) is 0 Å². The van der Waals surface area contributed by atoms with Crippen LogP contribution in [0.1, 0.15) is 20.8 Å². The highest BCUT2D eigenvalue weighted by Gasteiger charge is 2.22. The molecule has 2 nitrogen and oxygen atoms in total. The zero-order valence-electron chi connectivity index (χ0n) is 7.85. The largest absolute Gasteiger partial charge is 0.335 e. The van der Waals surface area contributed by atoms with Crippen molar-refractivity contribution in [3.05, 3.63) is 0 Å². The Labute approximate surface area is 64.4 Å². The predicted octanol–water partition coefficient (Wildman–Crippen LogP) is 1.47. The lowest BCUT2D eigenvalue weighted by atomic mass is 10.3. The highest BCUT2D eigenvalue weighted by atomic mass is 16.5. The first-order chi connectivity index (χ1) is 4.56. The molecule has 0 saturated heterocycles. The van der Waals surface area contributed by atoms with E-state index in [1.54, 1.807) is 7.11 Å². The van der Waals surface area contributed by atoms with Gasteiger partial charge in [-0.05, 0) is 20.8 Å². The minimum Gasteiger partial charge on any atom is -0.335 e. The van der Waals surface area contributed by atoms with Crippen LogP contribution in [-0.2, 0) is 4.74 Å². The minimum atomic E-state index is 0.643. The van der Waals surface area contributed by atoms with Crippen molar-refractivity contribution in [2.24, 2.45) is 0 Å². The SMILES string of the molecule is CC[N+](C)(COC)C(C)C. The zero-order valence-corrected chi connectivity index (χ0v) is 7.85. The lowest BCUT2D eigenvalue weighted by Crippen LogP contribution is -2.50. The summed E-state index contributed by atoms with van der Waals surface area (Å²) < 4.78 is 6.13. The second kappa shape index (κ2) is 3.94. The molecule has 0 heterocycles. The maximum Gasteiger partial charge on any atom is 0.182 e. The quantitative estimate of drug-likeness (QED) is 0.431. The number of hydrogen-bond acceptors (Lipinski definition) is 1. The van der Waals surface area contributed by atoms with E-state index in [-0.39, 0.29) is 0 Å². The molecule has 0 aromatic heterocycles. The van der Waals surface area contributed by atoms with Crippen LogP contribution in [0, 0.1) is 0 Å². The molecule has 0 aliphatic heterocycles. The molecule has 62 valence electrons. The molecule has 0 bridgehead atoms. The second-order valence-corrected chi connectivity index (χ2v) is 3.31. The molecule has 0 N–H and O–H groups in total. The number of rotatable bonds is 4. The molecule has 0 rings (SSSR count). The zero-order chi connectivity index (χ0) is 8.20. The molecular formula is C8H20NO+. The normalized spacial score (nSPS) is 17.4. The van der Waals surface area contributed by atoms with Gasteiger partial charge >= 0.3 is 0 Å². The van der Waals surface area contributed by atoms with E-state index < -0.39 is 0 Å². The molecule has 1 unspecified atom stereocenters. The highest BCUT2D eigenvalue weighted by molar-refractivity contribution is 4.37. The molecule has 0 spiro atoms. The molecule has 10 heavy (non-hydrogen) atoms. The van der Waals surface area contributed by atoms with E-state index in [4.69, 9.17) is 4.74 Å². The highest BCUT2D eigenvalue weighted by Crippen LogP contribution is 2.08. The number of nitrogens with zero attached hydrogens (tertiary/aromatic N) is 1. The average molecular weight is 146 g/mol. The topological polar surface area (TPSA) is 9.23 Å². The Morgan fingerprint density at radius 1 is 1.40 bits per heavy atom. The molecule has 0 saturated carbocycles. The van der Waals surface area contributed by atoms with Gasteiger partial charge in [-0.2, -0.15) is 0 Å². The standard InChI is InChI=1S/C8H20NO/c1-6-9(4,7-10-5)8(2)3/h8H,6-7H2,1-5H3/q+1. The van der Waals surface area contributed by atoms with Crippen molar-refractivity contribution >= 4 is 0 Å². The van der Waals surface area contributed by atoms with Gasteiger partial charge in [-0.1, -0.05) is 0 Å². The fraction of sp³-hybridized carbons (Fsp3) is 1.00. The van der Waals surface area contributed by atoms with Crippen LogP contribution in [0.5, 0.6) is 0 Å². The van der Waals surface area contributed by atoms with E-state index in [2.05, 4.69) is 27.8 Å². The number of quaternary nitrogens is 1. The van der Waals surface area contributed by atoms with Crippen LogP contribution >= 0.6 is 0 Å². The molecule has 0 aromatic carbocycles. The summed E-state index contributed by atoms with van der Waals surface area (Å²) in [7, 11) is 3.97. The Kier molecular flexibility index (Phi) is 3.91. The summed E-state index contributed by atoms with van der Waals surface area (Å²) >= 11 is 0. The van der Waals surface area contributed by atoms with E-state index in [0.717, 1.165) is 17.8 Å². The Bertz CT molecular complexity index is 93.3. The predicted molar refractivity (Wildman–Crippen MR) is 43.7 cm³/mol. The molecule has 0 aliphatic carbocycles. The van der Waals surface area contributed by atoms with E-state index in [1.165, 1.54) is 0 Å². The Hall–Kier alpha value is -0.0800. The Balaban J connectivity index is 3.94. The Morgan fingerprint density at radius 2 is 1.90 bits per heavy atom. The maximum absolute atomic E-state index is 5.13. The van der Waals surface area contributed by atoms with Crippen LogP contribution < -0.4 is 0 Å². The summed E-state index contributed by atoms with van der Waals surface area (Å²) in [5.74, 6) is 0. The third kappa shape index (κ3) is 2.27. The van der Waals surface area contributed by atoms with Crippen molar-refractivity contribution in [1.29, 1.82) is 0 Å². The fourth-order valence-corrected chi connectivity index (χ4v) is 0.900. The van der Waals surface area contributed by atoms with Gasteiger partial charge in [0, 0.05) is 7.11 Å². The number of methoxy groups -OCH3 is 1. The third-order valence-corrected chi connectivity index (χ3v) is 2.39. The van der Waals surface area contributed by atoms with Crippen LogP contribution in [-0.4, -0.2) is 38.0 Å². The van der Waals surface area contributed by atoms with Crippen LogP contribution in [0.4, 0.5) is 0 Å². The molecule has 2 heteroatoms. The van der Waals surface area contributed by atoms with Crippen LogP contribution in [0.2, 0.25) is 0 Å². The van der Waals surface area contributed by atoms with Gasteiger partial charge in [0.15, 0.2) is 6.73 Å². The van der Waals surface area contributed by atoms with Gasteiger partial charge < -0.3 is 9.22 Å². The number of hydrogen-bond donors (Lipinski definition) is 0. The fourth-order valence-electron chi connectivity index (χ4n) is 0.900. The summed E-state index contributed by atoms with van der Waals surface area (Å²) in [5.41, 5.74) is 0. The summed E-state index contributed by atoms with van der Waals surface area (Å²) in [5, 5.41) is 0. The van der Waals surface area contributed by atoms with Crippen molar-refractivity contribution in [3.63, 3.8) is 0 Å². The van der Waals surface area contributed by atoms with Gasteiger partial charge in [0.2, 0.25) is 0 Å². The molecule has 0 aromatic rings. The minimum absolute atomic E-state index is 0.643. The van der Waals surface area contributed by atoms with Crippen LogP contribution in [0.15, 0.2) is 0 Å². The van der Waals surface area contributed by atoms with Crippen molar-refractivity contribution < 1.29 is 9.22 Å². The van der Waals surface area contributed by atoms with E-state index in [9.17, 15) is 0 Å². The summed E-state index contributed by atoms with van der Waals surface area (Å²) in [6, 6.07) is 0.643. The van der Waals surface area contributed by atoms with E-state index >= 15 is 0 Å². The van der Waals surface area contributed by atoms with Crippen molar-refractivity contribution in [2.45, 2.75) is 26.8 Å². The van der Waals surface area contributed by atoms with E-state index in [0.29, 0.717) is 6.04 Å². The smallest absolute Gasteiger partial charge is 0.182 e. The first-order valence-electron chi connectivity index (χ1n) is 3.90.